The minimum atomic E-state index is -0.364. The standard InChI is InChI=1S/C9H10INO3/c10-9-3-1-2-8(9)7(4-5-12)6-11(13)14/h1-3,5,7,9H,4,6H2/t7-,9-/m1/s1. The molecule has 4 nitrogen and oxygen atoms in total. The van der Waals surface area contributed by atoms with Crippen LogP contribution in [0.3, 0.4) is 0 Å². The second-order valence-electron chi connectivity index (χ2n) is 3.07. The molecule has 1 aliphatic rings. The van der Waals surface area contributed by atoms with Gasteiger partial charge in [0.25, 0.3) is 0 Å². The molecule has 0 saturated carbocycles. The van der Waals surface area contributed by atoms with E-state index >= 15 is 0 Å². The molecule has 0 radical (unpaired) electrons. The number of nitrogens with zero attached hydrogens (tertiary/aromatic N) is 1. The first kappa shape index (κ1) is 11.4. The summed E-state index contributed by atoms with van der Waals surface area (Å²) in [4.78, 5) is 20.4. The summed E-state index contributed by atoms with van der Waals surface area (Å²) >= 11 is 2.20. The summed E-state index contributed by atoms with van der Waals surface area (Å²) in [6.45, 7) is -0.161. The van der Waals surface area contributed by atoms with Crippen LogP contribution >= 0.6 is 22.6 Å². The lowest BCUT2D eigenvalue weighted by molar-refractivity contribution is -0.486. The lowest BCUT2D eigenvalue weighted by Crippen LogP contribution is -2.19. The Labute approximate surface area is 95.4 Å². The van der Waals surface area contributed by atoms with E-state index in [0.717, 1.165) is 11.9 Å². The monoisotopic (exact) mass is 307 g/mol. The summed E-state index contributed by atoms with van der Waals surface area (Å²) in [7, 11) is 0. The van der Waals surface area contributed by atoms with Gasteiger partial charge in [-0.25, -0.2) is 0 Å². The Morgan fingerprint density at radius 2 is 2.43 bits per heavy atom. The first-order valence-electron chi connectivity index (χ1n) is 4.23. The molecule has 0 aromatic rings. The van der Waals surface area contributed by atoms with Crippen molar-refractivity contribution in [1.82, 2.24) is 0 Å². The summed E-state index contributed by atoms with van der Waals surface area (Å²) in [5, 5.41) is 10.4. The van der Waals surface area contributed by atoms with Crippen molar-refractivity contribution in [2.45, 2.75) is 10.3 Å². The lowest BCUT2D eigenvalue weighted by atomic mass is 9.95. The molecule has 0 aliphatic heterocycles. The fraction of sp³-hybridized carbons (Fsp3) is 0.444. The number of carbonyl (C=O) groups is 1. The van der Waals surface area contributed by atoms with Crippen molar-refractivity contribution in [3.8, 4) is 0 Å². The number of allylic oxidation sites excluding steroid dienone is 3. The quantitative estimate of drug-likeness (QED) is 0.256. The zero-order valence-electron chi connectivity index (χ0n) is 7.43. The number of nitro groups is 1. The Kier molecular flexibility index (Phi) is 4.24. The molecule has 1 rings (SSSR count). The molecule has 0 heterocycles. The maximum atomic E-state index is 10.4. The maximum Gasteiger partial charge on any atom is 0.210 e. The summed E-state index contributed by atoms with van der Waals surface area (Å²) in [5.41, 5.74) is 0.981. The van der Waals surface area contributed by atoms with Gasteiger partial charge in [0.1, 0.15) is 6.29 Å². The van der Waals surface area contributed by atoms with Gasteiger partial charge in [0.2, 0.25) is 6.54 Å². The molecular weight excluding hydrogens is 297 g/mol. The van der Waals surface area contributed by atoms with Crippen molar-refractivity contribution in [3.05, 3.63) is 33.9 Å². The van der Waals surface area contributed by atoms with Crippen molar-refractivity contribution in [2.24, 2.45) is 5.92 Å². The Hall–Kier alpha value is -0.720. The molecule has 0 amide bonds. The van der Waals surface area contributed by atoms with Crippen molar-refractivity contribution < 1.29 is 9.72 Å². The van der Waals surface area contributed by atoms with E-state index in [-0.39, 0.29) is 27.7 Å². The third kappa shape index (κ3) is 2.90. The zero-order chi connectivity index (χ0) is 10.6. The highest BCUT2D eigenvalue weighted by molar-refractivity contribution is 14.1. The number of halogens is 1. The van der Waals surface area contributed by atoms with E-state index in [1.807, 2.05) is 18.2 Å². The largest absolute Gasteiger partial charge is 0.303 e. The molecule has 0 fully saturated rings. The van der Waals surface area contributed by atoms with Crippen molar-refractivity contribution in [1.29, 1.82) is 0 Å². The molecule has 0 N–H and O–H groups in total. The van der Waals surface area contributed by atoms with Gasteiger partial charge in [-0.2, -0.15) is 0 Å². The summed E-state index contributed by atoms with van der Waals surface area (Å²) in [6, 6.07) is 0. The van der Waals surface area contributed by atoms with Gasteiger partial charge in [-0.3, -0.25) is 10.1 Å². The molecule has 76 valence electrons. The molecule has 5 heteroatoms. The van der Waals surface area contributed by atoms with Gasteiger partial charge in [0.15, 0.2) is 0 Å². The average Bonchev–Trinajstić information content (AvgIpc) is 2.50. The SMILES string of the molecule is O=CC[C@H](C[N+](=O)[O-])C1=CC=C[C@H]1I. The number of carbonyl (C=O) groups excluding carboxylic acids is 1. The van der Waals surface area contributed by atoms with Gasteiger partial charge in [0.05, 0.1) is 9.84 Å². The first-order valence-corrected chi connectivity index (χ1v) is 5.47. The lowest BCUT2D eigenvalue weighted by Gasteiger charge is -2.14. The van der Waals surface area contributed by atoms with Crippen LogP contribution < -0.4 is 0 Å². The molecule has 1 aliphatic carbocycles. The number of alkyl halides is 1. The maximum absolute atomic E-state index is 10.4. The van der Waals surface area contributed by atoms with Gasteiger partial charge < -0.3 is 4.79 Å². The van der Waals surface area contributed by atoms with E-state index in [2.05, 4.69) is 22.6 Å². The fourth-order valence-corrected chi connectivity index (χ4v) is 2.40. The second kappa shape index (κ2) is 5.23. The van der Waals surface area contributed by atoms with E-state index in [1.54, 1.807) is 0 Å². The Bertz CT molecular complexity index is 298. The molecule has 2 atom stereocenters. The van der Waals surface area contributed by atoms with Crippen molar-refractivity contribution >= 4 is 28.9 Å². The van der Waals surface area contributed by atoms with E-state index in [0.29, 0.717) is 0 Å². The number of hydrogen-bond acceptors (Lipinski definition) is 3. The number of aldehydes is 1. The van der Waals surface area contributed by atoms with Crippen LogP contribution in [-0.4, -0.2) is 21.7 Å². The normalized spacial score (nSPS) is 21.8. The van der Waals surface area contributed by atoms with Crippen LogP contribution in [0.25, 0.3) is 0 Å². The van der Waals surface area contributed by atoms with E-state index < -0.39 is 0 Å². The highest BCUT2D eigenvalue weighted by Crippen LogP contribution is 2.28. The Balaban J connectivity index is 2.67. The summed E-state index contributed by atoms with van der Waals surface area (Å²) in [5.74, 6) is -0.251. The third-order valence-electron chi connectivity index (χ3n) is 2.11. The zero-order valence-corrected chi connectivity index (χ0v) is 9.59. The summed E-state index contributed by atoms with van der Waals surface area (Å²) < 4.78 is 0.192. The Morgan fingerprint density at radius 3 is 2.86 bits per heavy atom. The van der Waals surface area contributed by atoms with Crippen LogP contribution in [0.2, 0.25) is 0 Å². The topological polar surface area (TPSA) is 60.2 Å². The van der Waals surface area contributed by atoms with Crippen LogP contribution in [0.15, 0.2) is 23.8 Å². The van der Waals surface area contributed by atoms with Crippen LogP contribution in [0.5, 0.6) is 0 Å². The van der Waals surface area contributed by atoms with Crippen LogP contribution in [-0.2, 0) is 4.79 Å². The van der Waals surface area contributed by atoms with Gasteiger partial charge in [0, 0.05) is 11.3 Å². The smallest absolute Gasteiger partial charge is 0.210 e. The van der Waals surface area contributed by atoms with Gasteiger partial charge in [-0.15, -0.1) is 0 Å². The molecule has 0 aromatic heterocycles. The van der Waals surface area contributed by atoms with Gasteiger partial charge >= 0.3 is 0 Å². The van der Waals surface area contributed by atoms with Gasteiger partial charge in [-0.1, -0.05) is 40.8 Å². The Morgan fingerprint density at radius 1 is 1.71 bits per heavy atom. The molecule has 0 spiro atoms. The molecule has 0 aromatic carbocycles. The van der Waals surface area contributed by atoms with Crippen LogP contribution in [0.4, 0.5) is 0 Å². The number of hydrogen-bond donors (Lipinski definition) is 0. The predicted molar refractivity (Wildman–Crippen MR) is 61.1 cm³/mol. The highest BCUT2D eigenvalue weighted by atomic mass is 127. The molecular formula is C9H10INO3. The van der Waals surface area contributed by atoms with E-state index in [9.17, 15) is 14.9 Å². The van der Waals surface area contributed by atoms with Gasteiger partial charge in [-0.05, 0) is 5.57 Å². The second-order valence-corrected chi connectivity index (χ2v) is 4.41. The van der Waals surface area contributed by atoms with Crippen LogP contribution in [0, 0.1) is 16.0 Å². The molecule has 0 unspecified atom stereocenters. The van der Waals surface area contributed by atoms with Crippen molar-refractivity contribution in [3.63, 3.8) is 0 Å². The third-order valence-corrected chi connectivity index (χ3v) is 3.24. The van der Waals surface area contributed by atoms with E-state index in [4.69, 9.17) is 0 Å². The average molecular weight is 307 g/mol. The first-order chi connectivity index (χ1) is 6.65. The minimum absolute atomic E-state index is 0.161. The predicted octanol–water partition coefficient (Wildman–Crippen LogP) is 1.77. The molecule has 0 saturated heterocycles. The minimum Gasteiger partial charge on any atom is -0.303 e. The molecule has 0 bridgehead atoms. The fourth-order valence-electron chi connectivity index (χ4n) is 1.44. The van der Waals surface area contributed by atoms with Crippen LogP contribution in [0.1, 0.15) is 6.42 Å². The summed E-state index contributed by atoms with van der Waals surface area (Å²) in [6.07, 6.45) is 6.69. The molecule has 14 heavy (non-hydrogen) atoms. The van der Waals surface area contributed by atoms with Crippen molar-refractivity contribution in [2.75, 3.05) is 6.54 Å². The number of rotatable bonds is 5. The highest BCUT2D eigenvalue weighted by Gasteiger charge is 2.25. The van der Waals surface area contributed by atoms with E-state index in [1.165, 1.54) is 0 Å².